The molecule has 0 unspecified atom stereocenters. The fourth-order valence-corrected chi connectivity index (χ4v) is 2.05. The van der Waals surface area contributed by atoms with E-state index in [1.54, 1.807) is 23.2 Å². The van der Waals surface area contributed by atoms with Crippen LogP contribution in [-0.2, 0) is 0 Å². The van der Waals surface area contributed by atoms with Gasteiger partial charge >= 0.3 is 0 Å². The van der Waals surface area contributed by atoms with Crippen molar-refractivity contribution in [2.75, 3.05) is 19.7 Å². The van der Waals surface area contributed by atoms with E-state index in [-0.39, 0.29) is 18.4 Å². The van der Waals surface area contributed by atoms with Gasteiger partial charge in [-0.1, -0.05) is 6.07 Å². The van der Waals surface area contributed by atoms with Gasteiger partial charge in [0.2, 0.25) is 0 Å². The zero-order valence-electron chi connectivity index (χ0n) is 9.17. The summed E-state index contributed by atoms with van der Waals surface area (Å²) in [7, 11) is 0. The van der Waals surface area contributed by atoms with Crippen LogP contribution < -0.4 is 0 Å². The number of hydrogen-bond acceptors (Lipinski definition) is 3. The minimum Gasteiger partial charge on any atom is -0.396 e. The molecule has 1 aliphatic rings. The molecule has 1 aromatic rings. The molecular formula is C12H16N2O2. The van der Waals surface area contributed by atoms with E-state index in [0.29, 0.717) is 12.2 Å². The van der Waals surface area contributed by atoms with Crippen LogP contribution in [0.25, 0.3) is 0 Å². The Bertz CT molecular complexity index is 353. The Morgan fingerprint density at radius 2 is 2.44 bits per heavy atom. The maximum Gasteiger partial charge on any atom is 0.272 e. The smallest absolute Gasteiger partial charge is 0.272 e. The third-order valence-corrected chi connectivity index (χ3v) is 2.95. The number of nitrogens with zero attached hydrogens (tertiary/aromatic N) is 2. The zero-order valence-corrected chi connectivity index (χ0v) is 9.17. The lowest BCUT2D eigenvalue weighted by Crippen LogP contribution is -2.41. The van der Waals surface area contributed by atoms with E-state index in [0.717, 1.165) is 19.4 Å². The average Bonchev–Trinajstić information content (AvgIpc) is 2.39. The first kappa shape index (κ1) is 11.1. The SMILES string of the molecule is O=C(c1ccccn1)N1CCC[C@@H](CO)C1. The predicted octanol–water partition coefficient (Wildman–Crippen LogP) is 0.926. The molecule has 4 nitrogen and oxygen atoms in total. The van der Waals surface area contributed by atoms with Crippen molar-refractivity contribution in [3.05, 3.63) is 30.1 Å². The van der Waals surface area contributed by atoms with Crippen LogP contribution in [0.4, 0.5) is 0 Å². The van der Waals surface area contributed by atoms with Crippen molar-refractivity contribution in [1.29, 1.82) is 0 Å². The Hall–Kier alpha value is -1.42. The van der Waals surface area contributed by atoms with Gasteiger partial charge in [0, 0.05) is 25.9 Å². The van der Waals surface area contributed by atoms with Crippen molar-refractivity contribution in [2.24, 2.45) is 5.92 Å². The summed E-state index contributed by atoms with van der Waals surface area (Å²) in [6.45, 7) is 1.57. The van der Waals surface area contributed by atoms with Crippen LogP contribution in [0.2, 0.25) is 0 Å². The molecule has 0 radical (unpaired) electrons. The van der Waals surface area contributed by atoms with Crippen molar-refractivity contribution in [2.45, 2.75) is 12.8 Å². The normalized spacial score (nSPS) is 20.8. The highest BCUT2D eigenvalue weighted by Crippen LogP contribution is 2.17. The summed E-state index contributed by atoms with van der Waals surface area (Å²) in [5.41, 5.74) is 0.487. The molecule has 1 N–H and O–H groups in total. The Morgan fingerprint density at radius 1 is 1.56 bits per heavy atom. The van der Waals surface area contributed by atoms with Gasteiger partial charge in [0.15, 0.2) is 0 Å². The summed E-state index contributed by atoms with van der Waals surface area (Å²) < 4.78 is 0. The molecule has 0 aromatic carbocycles. The summed E-state index contributed by atoms with van der Waals surface area (Å²) >= 11 is 0. The molecule has 0 saturated carbocycles. The molecule has 0 bridgehead atoms. The van der Waals surface area contributed by atoms with Crippen LogP contribution in [0, 0.1) is 5.92 Å². The third kappa shape index (κ3) is 2.39. The molecule has 0 spiro atoms. The molecule has 2 heterocycles. The lowest BCUT2D eigenvalue weighted by atomic mass is 9.99. The number of piperidine rings is 1. The Balaban J connectivity index is 2.05. The Labute approximate surface area is 94.9 Å². The van der Waals surface area contributed by atoms with Crippen LogP contribution in [0.5, 0.6) is 0 Å². The number of aliphatic hydroxyl groups is 1. The molecule has 4 heteroatoms. The highest BCUT2D eigenvalue weighted by atomic mass is 16.3. The number of aromatic nitrogens is 1. The first-order valence-corrected chi connectivity index (χ1v) is 5.62. The number of aliphatic hydroxyl groups excluding tert-OH is 1. The maximum absolute atomic E-state index is 12.0. The summed E-state index contributed by atoms with van der Waals surface area (Å²) in [5.74, 6) is 0.195. The molecule has 86 valence electrons. The number of pyridine rings is 1. The van der Waals surface area contributed by atoms with E-state index in [1.807, 2.05) is 6.07 Å². The Morgan fingerprint density at radius 3 is 3.12 bits per heavy atom. The van der Waals surface area contributed by atoms with E-state index in [4.69, 9.17) is 5.11 Å². The first-order valence-electron chi connectivity index (χ1n) is 5.62. The molecule has 1 aromatic heterocycles. The highest BCUT2D eigenvalue weighted by molar-refractivity contribution is 5.92. The van der Waals surface area contributed by atoms with Crippen LogP contribution in [0.15, 0.2) is 24.4 Å². The number of hydrogen-bond donors (Lipinski definition) is 1. The minimum atomic E-state index is -0.0289. The largest absolute Gasteiger partial charge is 0.396 e. The lowest BCUT2D eigenvalue weighted by molar-refractivity contribution is 0.0615. The van der Waals surface area contributed by atoms with Gasteiger partial charge in [-0.15, -0.1) is 0 Å². The summed E-state index contributed by atoms with van der Waals surface area (Å²) in [4.78, 5) is 17.9. The second kappa shape index (κ2) is 5.07. The maximum atomic E-state index is 12.0. The predicted molar refractivity (Wildman–Crippen MR) is 60.0 cm³/mol. The number of carbonyl (C=O) groups is 1. The van der Waals surface area contributed by atoms with Crippen molar-refractivity contribution in [3.8, 4) is 0 Å². The van der Waals surface area contributed by atoms with Crippen molar-refractivity contribution >= 4 is 5.91 Å². The van der Waals surface area contributed by atoms with Gasteiger partial charge in [-0.3, -0.25) is 9.78 Å². The number of rotatable bonds is 2. The summed E-state index contributed by atoms with van der Waals surface area (Å²) in [6, 6.07) is 5.34. The van der Waals surface area contributed by atoms with E-state index < -0.39 is 0 Å². The molecular weight excluding hydrogens is 204 g/mol. The van der Waals surface area contributed by atoms with Crippen LogP contribution >= 0.6 is 0 Å². The van der Waals surface area contributed by atoms with Crippen LogP contribution in [-0.4, -0.2) is 40.6 Å². The molecule has 16 heavy (non-hydrogen) atoms. The van der Waals surface area contributed by atoms with E-state index in [1.165, 1.54) is 0 Å². The van der Waals surface area contributed by atoms with Crippen molar-refractivity contribution in [3.63, 3.8) is 0 Å². The molecule has 1 saturated heterocycles. The van der Waals surface area contributed by atoms with E-state index in [9.17, 15) is 4.79 Å². The van der Waals surface area contributed by atoms with Gasteiger partial charge < -0.3 is 10.0 Å². The first-order chi connectivity index (χ1) is 7.81. The minimum absolute atomic E-state index is 0.0289. The molecule has 2 rings (SSSR count). The van der Waals surface area contributed by atoms with E-state index in [2.05, 4.69) is 4.98 Å². The second-order valence-corrected chi connectivity index (χ2v) is 4.16. The lowest BCUT2D eigenvalue weighted by Gasteiger charge is -2.31. The standard InChI is InChI=1S/C12H16N2O2/c15-9-10-4-3-7-14(8-10)12(16)11-5-1-2-6-13-11/h1-2,5-6,10,15H,3-4,7-9H2/t10-/m1/s1. The fraction of sp³-hybridized carbons (Fsp3) is 0.500. The molecule has 1 amide bonds. The van der Waals surface area contributed by atoms with Gasteiger partial charge in [0.1, 0.15) is 5.69 Å². The third-order valence-electron chi connectivity index (χ3n) is 2.95. The summed E-state index contributed by atoms with van der Waals surface area (Å²) in [5, 5.41) is 9.11. The zero-order chi connectivity index (χ0) is 11.4. The van der Waals surface area contributed by atoms with Crippen molar-refractivity contribution < 1.29 is 9.90 Å². The average molecular weight is 220 g/mol. The van der Waals surface area contributed by atoms with Gasteiger partial charge in [-0.05, 0) is 30.9 Å². The van der Waals surface area contributed by atoms with Crippen LogP contribution in [0.3, 0.4) is 0 Å². The van der Waals surface area contributed by atoms with Gasteiger partial charge in [0.05, 0.1) is 0 Å². The molecule has 1 aliphatic heterocycles. The van der Waals surface area contributed by atoms with Crippen LogP contribution in [0.1, 0.15) is 23.3 Å². The molecule has 1 atom stereocenters. The second-order valence-electron chi connectivity index (χ2n) is 4.16. The molecule has 1 fully saturated rings. The highest BCUT2D eigenvalue weighted by Gasteiger charge is 2.24. The van der Waals surface area contributed by atoms with Gasteiger partial charge in [0.25, 0.3) is 5.91 Å². The number of amides is 1. The van der Waals surface area contributed by atoms with Gasteiger partial charge in [-0.2, -0.15) is 0 Å². The number of carbonyl (C=O) groups excluding carboxylic acids is 1. The number of likely N-dealkylation sites (tertiary alicyclic amines) is 1. The fourth-order valence-electron chi connectivity index (χ4n) is 2.05. The topological polar surface area (TPSA) is 53.4 Å². The monoisotopic (exact) mass is 220 g/mol. The quantitative estimate of drug-likeness (QED) is 0.806. The molecule has 0 aliphatic carbocycles. The Kier molecular flexibility index (Phi) is 3.51. The van der Waals surface area contributed by atoms with Gasteiger partial charge in [-0.25, -0.2) is 0 Å². The van der Waals surface area contributed by atoms with E-state index >= 15 is 0 Å². The summed E-state index contributed by atoms with van der Waals surface area (Å²) in [6.07, 6.45) is 3.59. The van der Waals surface area contributed by atoms with Crippen molar-refractivity contribution in [1.82, 2.24) is 9.88 Å².